The topological polar surface area (TPSA) is 0 Å². The van der Waals surface area contributed by atoms with Crippen molar-refractivity contribution < 1.29 is 8.78 Å². The SMILES string of the molecule is CCCC1CCC(c2cc(F)c(C3CSCS3)c(F)c2)CC1. The Labute approximate surface area is 140 Å². The van der Waals surface area contributed by atoms with E-state index in [1.54, 1.807) is 35.7 Å². The number of hydrogen-bond donors (Lipinski definition) is 0. The monoisotopic (exact) mass is 342 g/mol. The van der Waals surface area contributed by atoms with E-state index in [9.17, 15) is 8.78 Å². The smallest absolute Gasteiger partial charge is 0.130 e. The molecule has 0 N–H and O–H groups in total. The van der Waals surface area contributed by atoms with Gasteiger partial charge in [-0.2, -0.15) is 0 Å². The van der Waals surface area contributed by atoms with Gasteiger partial charge in [0.05, 0.1) is 0 Å². The van der Waals surface area contributed by atoms with Crippen molar-refractivity contribution in [3.63, 3.8) is 0 Å². The standard InChI is InChI=1S/C18H24F2S2/c1-2-3-12-4-6-13(7-5-12)14-8-15(19)18(16(20)9-14)17-10-21-11-22-17/h8-9,12-13,17H,2-7,10-11H2,1H3. The van der Waals surface area contributed by atoms with Crippen molar-refractivity contribution in [1.82, 2.24) is 0 Å². The lowest BCUT2D eigenvalue weighted by Crippen LogP contribution is -2.14. The second kappa shape index (κ2) is 7.57. The van der Waals surface area contributed by atoms with Crippen molar-refractivity contribution in [1.29, 1.82) is 0 Å². The number of halogens is 2. The molecule has 1 saturated heterocycles. The molecule has 1 atom stereocenters. The average Bonchev–Trinajstić information content (AvgIpc) is 3.01. The van der Waals surface area contributed by atoms with Crippen LogP contribution in [0.5, 0.6) is 0 Å². The maximum atomic E-state index is 14.5. The third-order valence-corrected chi connectivity index (χ3v) is 7.86. The van der Waals surface area contributed by atoms with Crippen molar-refractivity contribution in [3.8, 4) is 0 Å². The van der Waals surface area contributed by atoms with Crippen LogP contribution in [0.4, 0.5) is 8.78 Å². The van der Waals surface area contributed by atoms with E-state index in [0.717, 1.165) is 35.2 Å². The molecular weight excluding hydrogens is 318 g/mol. The molecule has 0 amide bonds. The third kappa shape index (κ3) is 3.64. The Morgan fingerprint density at radius 2 is 1.77 bits per heavy atom. The quantitative estimate of drug-likeness (QED) is 0.611. The molecular formula is C18H24F2S2. The van der Waals surface area contributed by atoms with Crippen LogP contribution in [-0.2, 0) is 0 Å². The molecule has 1 aliphatic heterocycles. The first kappa shape index (κ1) is 16.6. The van der Waals surface area contributed by atoms with Gasteiger partial charge in [-0.15, -0.1) is 23.5 Å². The largest absolute Gasteiger partial charge is 0.207 e. The van der Waals surface area contributed by atoms with Crippen molar-refractivity contribution in [2.75, 3.05) is 10.8 Å². The van der Waals surface area contributed by atoms with Crippen molar-refractivity contribution in [3.05, 3.63) is 34.9 Å². The third-order valence-electron chi connectivity index (χ3n) is 5.06. The minimum atomic E-state index is -0.328. The fraction of sp³-hybridized carbons (Fsp3) is 0.667. The Kier molecular flexibility index (Phi) is 5.72. The summed E-state index contributed by atoms with van der Waals surface area (Å²) in [4.78, 5) is 0. The zero-order valence-corrected chi connectivity index (χ0v) is 14.7. The van der Waals surface area contributed by atoms with Crippen LogP contribution in [0.3, 0.4) is 0 Å². The first-order valence-electron chi connectivity index (χ1n) is 8.37. The summed E-state index contributed by atoms with van der Waals surface area (Å²) in [7, 11) is 0. The molecule has 2 fully saturated rings. The molecule has 0 bridgehead atoms. The fourth-order valence-electron chi connectivity index (χ4n) is 3.84. The molecule has 3 rings (SSSR count). The second-order valence-electron chi connectivity index (χ2n) is 6.55. The summed E-state index contributed by atoms with van der Waals surface area (Å²) in [5.74, 6) is 1.33. The maximum Gasteiger partial charge on any atom is 0.130 e. The molecule has 1 aromatic rings. The van der Waals surface area contributed by atoms with Crippen LogP contribution in [0.25, 0.3) is 0 Å². The van der Waals surface area contributed by atoms with Crippen LogP contribution in [-0.4, -0.2) is 10.8 Å². The lowest BCUT2D eigenvalue weighted by atomic mass is 9.77. The molecule has 4 heteroatoms. The van der Waals surface area contributed by atoms with Crippen molar-refractivity contribution in [2.24, 2.45) is 5.92 Å². The van der Waals surface area contributed by atoms with Gasteiger partial charge >= 0.3 is 0 Å². The summed E-state index contributed by atoms with van der Waals surface area (Å²) in [6.45, 7) is 2.23. The molecule has 0 radical (unpaired) electrons. The first-order chi connectivity index (χ1) is 10.7. The average molecular weight is 343 g/mol. The van der Waals surface area contributed by atoms with Gasteiger partial charge in [-0.25, -0.2) is 8.78 Å². The van der Waals surface area contributed by atoms with Gasteiger partial charge in [0, 0.05) is 21.7 Å². The van der Waals surface area contributed by atoms with Crippen LogP contribution < -0.4 is 0 Å². The Morgan fingerprint density at radius 3 is 2.32 bits per heavy atom. The molecule has 22 heavy (non-hydrogen) atoms. The number of hydrogen-bond acceptors (Lipinski definition) is 2. The molecule has 1 saturated carbocycles. The minimum Gasteiger partial charge on any atom is -0.207 e. The van der Waals surface area contributed by atoms with E-state index < -0.39 is 0 Å². The summed E-state index contributed by atoms with van der Waals surface area (Å²) in [6.07, 6.45) is 7.11. The van der Waals surface area contributed by atoms with E-state index in [1.165, 1.54) is 25.7 Å². The normalized spacial score (nSPS) is 29.0. The molecule has 122 valence electrons. The lowest BCUT2D eigenvalue weighted by molar-refractivity contribution is 0.307. The van der Waals surface area contributed by atoms with Crippen LogP contribution >= 0.6 is 23.5 Å². The first-order valence-corrected chi connectivity index (χ1v) is 10.6. The molecule has 0 spiro atoms. The molecule has 1 aliphatic carbocycles. The Bertz CT molecular complexity index is 481. The number of rotatable bonds is 4. The van der Waals surface area contributed by atoms with Crippen LogP contribution in [0.1, 0.15) is 67.7 Å². The summed E-state index contributed by atoms with van der Waals surface area (Å²) >= 11 is 3.42. The zero-order valence-electron chi connectivity index (χ0n) is 13.1. The Morgan fingerprint density at radius 1 is 1.09 bits per heavy atom. The highest BCUT2D eigenvalue weighted by Gasteiger charge is 2.28. The van der Waals surface area contributed by atoms with Gasteiger partial charge in [-0.05, 0) is 55.2 Å². The van der Waals surface area contributed by atoms with Gasteiger partial charge in [0.25, 0.3) is 0 Å². The molecule has 0 aromatic heterocycles. The van der Waals surface area contributed by atoms with E-state index >= 15 is 0 Å². The second-order valence-corrected chi connectivity index (χ2v) is 9.14. The molecule has 1 unspecified atom stereocenters. The lowest BCUT2D eigenvalue weighted by Gasteiger charge is -2.29. The molecule has 1 aromatic carbocycles. The molecule has 2 aliphatic rings. The highest BCUT2D eigenvalue weighted by Crippen LogP contribution is 2.44. The fourth-order valence-corrected chi connectivity index (χ4v) is 6.71. The number of benzene rings is 1. The maximum absolute atomic E-state index is 14.5. The van der Waals surface area contributed by atoms with Crippen LogP contribution in [0, 0.1) is 17.6 Å². The van der Waals surface area contributed by atoms with Crippen LogP contribution in [0.15, 0.2) is 12.1 Å². The van der Waals surface area contributed by atoms with Gasteiger partial charge in [0.1, 0.15) is 11.6 Å². The van der Waals surface area contributed by atoms with Gasteiger partial charge in [0.2, 0.25) is 0 Å². The van der Waals surface area contributed by atoms with Gasteiger partial charge in [0.15, 0.2) is 0 Å². The Balaban J connectivity index is 1.73. The molecule has 1 heterocycles. The predicted octanol–water partition coefficient (Wildman–Crippen LogP) is 6.52. The number of thioether (sulfide) groups is 2. The van der Waals surface area contributed by atoms with Crippen molar-refractivity contribution >= 4 is 23.5 Å². The van der Waals surface area contributed by atoms with Gasteiger partial charge in [-0.1, -0.05) is 19.8 Å². The summed E-state index contributed by atoms with van der Waals surface area (Å²) in [5.41, 5.74) is 1.18. The van der Waals surface area contributed by atoms with E-state index in [1.807, 2.05) is 0 Å². The van der Waals surface area contributed by atoms with E-state index in [4.69, 9.17) is 0 Å². The van der Waals surface area contributed by atoms with E-state index in [0.29, 0.717) is 11.5 Å². The summed E-state index contributed by atoms with van der Waals surface area (Å²) in [6, 6.07) is 3.24. The highest BCUT2D eigenvalue weighted by atomic mass is 32.2. The summed E-state index contributed by atoms with van der Waals surface area (Å²) in [5, 5.41) is 0.923. The zero-order chi connectivity index (χ0) is 15.5. The summed E-state index contributed by atoms with van der Waals surface area (Å²) < 4.78 is 28.9. The minimum absolute atomic E-state index is 0.0145. The van der Waals surface area contributed by atoms with Gasteiger partial charge < -0.3 is 0 Å². The Hall–Kier alpha value is -0.220. The van der Waals surface area contributed by atoms with E-state index in [-0.39, 0.29) is 16.9 Å². The predicted molar refractivity (Wildman–Crippen MR) is 93.6 cm³/mol. The molecule has 0 nitrogen and oxygen atoms in total. The highest BCUT2D eigenvalue weighted by molar-refractivity contribution is 8.19. The van der Waals surface area contributed by atoms with Crippen molar-refractivity contribution in [2.45, 2.75) is 56.6 Å². The van der Waals surface area contributed by atoms with Crippen LogP contribution in [0.2, 0.25) is 0 Å². The van der Waals surface area contributed by atoms with Gasteiger partial charge in [-0.3, -0.25) is 0 Å². The van der Waals surface area contributed by atoms with E-state index in [2.05, 4.69) is 6.92 Å².